The topological polar surface area (TPSA) is 77.7 Å². The number of carbonyl (C=O) groups is 2. The highest BCUT2D eigenvalue weighted by molar-refractivity contribution is 5.81. The van der Waals surface area contributed by atoms with E-state index in [1.54, 1.807) is 0 Å². The van der Waals surface area contributed by atoms with Gasteiger partial charge in [-0.2, -0.15) is 0 Å². The lowest BCUT2D eigenvalue weighted by molar-refractivity contribution is -0.141. The summed E-state index contributed by atoms with van der Waals surface area (Å²) < 4.78 is 5.31. The molecule has 2 N–H and O–H groups in total. The second-order valence-corrected chi connectivity index (χ2v) is 7.24. The molecule has 0 radical (unpaired) electrons. The predicted molar refractivity (Wildman–Crippen MR) is 102 cm³/mol. The van der Waals surface area contributed by atoms with E-state index in [0.29, 0.717) is 45.9 Å². The summed E-state index contributed by atoms with van der Waals surface area (Å²) in [7, 11) is 0. The van der Waals surface area contributed by atoms with Gasteiger partial charge in [-0.25, -0.2) is 4.79 Å². The summed E-state index contributed by atoms with van der Waals surface area (Å²) in [6.07, 6.45) is 1.46. The van der Waals surface area contributed by atoms with Crippen molar-refractivity contribution in [2.24, 2.45) is 5.92 Å². The third-order valence-corrected chi connectivity index (χ3v) is 5.47. The minimum Gasteiger partial charge on any atom is -0.378 e. The van der Waals surface area contributed by atoms with Gasteiger partial charge in [0, 0.05) is 43.3 Å². The van der Waals surface area contributed by atoms with Gasteiger partial charge in [0.25, 0.3) is 0 Å². The summed E-state index contributed by atoms with van der Waals surface area (Å²) in [6, 6.07) is 10.1. The third-order valence-electron chi connectivity index (χ3n) is 5.47. The Hall–Kier alpha value is -2.54. The zero-order valence-corrected chi connectivity index (χ0v) is 15.4. The fourth-order valence-electron chi connectivity index (χ4n) is 3.88. The highest BCUT2D eigenvalue weighted by Crippen LogP contribution is 2.20. The molecule has 2 aromatic rings. The Labute approximate surface area is 158 Å². The number of para-hydroxylation sites is 1. The molecule has 0 saturated carbocycles. The molecule has 0 spiro atoms. The molecule has 2 saturated heterocycles. The van der Waals surface area contributed by atoms with Crippen LogP contribution in [0.2, 0.25) is 0 Å². The van der Waals surface area contributed by atoms with E-state index in [-0.39, 0.29) is 17.9 Å². The highest BCUT2D eigenvalue weighted by atomic mass is 16.5. The Morgan fingerprint density at radius 3 is 2.56 bits per heavy atom. The number of H-pyrrole nitrogens is 1. The van der Waals surface area contributed by atoms with Gasteiger partial charge in [-0.05, 0) is 30.4 Å². The number of piperidine rings is 1. The molecule has 0 bridgehead atoms. The molecule has 2 fully saturated rings. The number of rotatable bonds is 3. The first kappa shape index (κ1) is 17.9. The predicted octanol–water partition coefficient (Wildman–Crippen LogP) is 1.95. The molecule has 2 aliphatic heterocycles. The number of urea groups is 1. The lowest BCUT2D eigenvalue weighted by Crippen LogP contribution is -2.49. The number of fused-ring (bicyclic) bond motifs is 1. The van der Waals surface area contributed by atoms with E-state index in [9.17, 15) is 9.59 Å². The van der Waals surface area contributed by atoms with Gasteiger partial charge in [-0.1, -0.05) is 18.2 Å². The van der Waals surface area contributed by atoms with Crippen LogP contribution in [0.1, 0.15) is 18.5 Å². The number of aromatic nitrogens is 1. The second-order valence-electron chi connectivity index (χ2n) is 7.24. The van der Waals surface area contributed by atoms with Crippen molar-refractivity contribution in [2.45, 2.75) is 19.4 Å². The number of hydrogen-bond acceptors (Lipinski definition) is 3. The van der Waals surface area contributed by atoms with Crippen molar-refractivity contribution in [1.82, 2.24) is 20.1 Å². The van der Waals surface area contributed by atoms with E-state index in [1.165, 1.54) is 0 Å². The number of amides is 3. The number of aromatic amines is 1. The van der Waals surface area contributed by atoms with Crippen molar-refractivity contribution in [3.8, 4) is 0 Å². The normalized spacial score (nSPS) is 18.7. The van der Waals surface area contributed by atoms with Crippen molar-refractivity contribution in [3.05, 3.63) is 36.0 Å². The Bertz CT molecular complexity index is 771. The average molecular weight is 370 g/mol. The van der Waals surface area contributed by atoms with Crippen molar-refractivity contribution in [3.63, 3.8) is 0 Å². The van der Waals surface area contributed by atoms with Crippen LogP contribution in [-0.2, 0) is 16.1 Å². The minimum atomic E-state index is -0.0640. The van der Waals surface area contributed by atoms with Crippen molar-refractivity contribution < 1.29 is 14.3 Å². The molecule has 0 unspecified atom stereocenters. The summed E-state index contributed by atoms with van der Waals surface area (Å²) >= 11 is 0. The molecule has 1 aromatic heterocycles. The lowest BCUT2D eigenvalue weighted by atomic mass is 9.95. The van der Waals surface area contributed by atoms with Gasteiger partial charge in [0.2, 0.25) is 5.91 Å². The number of nitrogens with one attached hydrogen (secondary N) is 2. The Balaban J connectivity index is 1.25. The van der Waals surface area contributed by atoms with Gasteiger partial charge in [0.1, 0.15) is 0 Å². The first-order chi connectivity index (χ1) is 13.2. The van der Waals surface area contributed by atoms with E-state index in [1.807, 2.05) is 34.1 Å². The third kappa shape index (κ3) is 4.08. The van der Waals surface area contributed by atoms with E-state index in [2.05, 4.69) is 16.4 Å². The number of likely N-dealkylation sites (tertiary alicyclic amines) is 1. The van der Waals surface area contributed by atoms with Gasteiger partial charge >= 0.3 is 6.03 Å². The van der Waals surface area contributed by atoms with Crippen LogP contribution < -0.4 is 5.32 Å². The molecule has 1 aromatic carbocycles. The maximum atomic E-state index is 12.6. The summed E-state index contributed by atoms with van der Waals surface area (Å²) in [4.78, 5) is 32.1. The molecule has 4 rings (SSSR count). The van der Waals surface area contributed by atoms with E-state index < -0.39 is 0 Å². The summed E-state index contributed by atoms with van der Waals surface area (Å²) in [5, 5.41) is 4.12. The fourth-order valence-corrected chi connectivity index (χ4v) is 3.88. The van der Waals surface area contributed by atoms with E-state index >= 15 is 0 Å². The quantitative estimate of drug-likeness (QED) is 0.867. The fraction of sp³-hybridized carbons (Fsp3) is 0.500. The molecule has 3 heterocycles. The van der Waals surface area contributed by atoms with Crippen LogP contribution in [0.4, 0.5) is 4.79 Å². The van der Waals surface area contributed by atoms with Gasteiger partial charge in [0.15, 0.2) is 0 Å². The van der Waals surface area contributed by atoms with Crippen LogP contribution >= 0.6 is 0 Å². The Morgan fingerprint density at radius 1 is 1.07 bits per heavy atom. The largest absolute Gasteiger partial charge is 0.378 e. The van der Waals surface area contributed by atoms with Crippen molar-refractivity contribution >= 4 is 22.8 Å². The van der Waals surface area contributed by atoms with E-state index in [0.717, 1.165) is 29.4 Å². The lowest BCUT2D eigenvalue weighted by Gasteiger charge is -2.35. The maximum absolute atomic E-state index is 12.6. The molecule has 27 heavy (non-hydrogen) atoms. The van der Waals surface area contributed by atoms with Crippen LogP contribution in [0.5, 0.6) is 0 Å². The highest BCUT2D eigenvalue weighted by Gasteiger charge is 2.30. The van der Waals surface area contributed by atoms with Gasteiger partial charge < -0.3 is 24.8 Å². The number of benzene rings is 1. The number of carbonyl (C=O) groups excluding carboxylic acids is 2. The minimum absolute atomic E-state index is 0.0286. The summed E-state index contributed by atoms with van der Waals surface area (Å²) in [5.41, 5.74) is 2.06. The molecule has 0 atom stereocenters. The Kier molecular flexibility index (Phi) is 5.29. The SMILES string of the molecule is O=C(NCc1cc2ccccc2[nH]1)N1CCC(C(=O)N2CCOCC2)CC1. The van der Waals surface area contributed by atoms with E-state index in [4.69, 9.17) is 4.74 Å². The monoisotopic (exact) mass is 370 g/mol. The molecule has 3 amide bonds. The summed E-state index contributed by atoms with van der Waals surface area (Å²) in [6.45, 7) is 4.34. The standard InChI is InChI=1S/C20H26N4O3/c25-19(23-9-11-27-12-10-23)15-5-7-24(8-6-15)20(26)21-14-17-13-16-3-1-2-4-18(16)22-17/h1-4,13,15,22H,5-12,14H2,(H,21,26). The molecule has 2 aliphatic rings. The smallest absolute Gasteiger partial charge is 0.317 e. The second kappa shape index (κ2) is 8.00. The van der Waals surface area contributed by atoms with Crippen LogP contribution in [-0.4, -0.2) is 66.1 Å². The average Bonchev–Trinajstić information content (AvgIpc) is 3.15. The number of ether oxygens (including phenoxy) is 1. The van der Waals surface area contributed by atoms with Gasteiger partial charge in [0.05, 0.1) is 19.8 Å². The molecular weight excluding hydrogens is 344 g/mol. The zero-order valence-electron chi connectivity index (χ0n) is 15.4. The van der Waals surface area contributed by atoms with Crippen LogP contribution in [0.3, 0.4) is 0 Å². The van der Waals surface area contributed by atoms with Crippen molar-refractivity contribution in [1.29, 1.82) is 0 Å². The number of hydrogen-bond donors (Lipinski definition) is 2. The number of morpholine rings is 1. The number of nitrogens with zero attached hydrogens (tertiary/aromatic N) is 2. The Morgan fingerprint density at radius 2 is 1.81 bits per heavy atom. The molecule has 7 heteroatoms. The molecular formula is C20H26N4O3. The zero-order chi connectivity index (χ0) is 18.6. The summed E-state index contributed by atoms with van der Waals surface area (Å²) in [5.74, 6) is 0.247. The van der Waals surface area contributed by atoms with Crippen LogP contribution in [0.25, 0.3) is 10.9 Å². The molecule has 0 aliphatic carbocycles. The molecule has 144 valence electrons. The van der Waals surface area contributed by atoms with Gasteiger partial charge in [-0.15, -0.1) is 0 Å². The first-order valence-electron chi connectivity index (χ1n) is 9.66. The van der Waals surface area contributed by atoms with Crippen LogP contribution in [0.15, 0.2) is 30.3 Å². The molecule has 7 nitrogen and oxygen atoms in total. The maximum Gasteiger partial charge on any atom is 0.317 e. The first-order valence-corrected chi connectivity index (χ1v) is 9.66. The van der Waals surface area contributed by atoms with Crippen LogP contribution in [0, 0.1) is 5.92 Å². The van der Waals surface area contributed by atoms with Crippen molar-refractivity contribution in [2.75, 3.05) is 39.4 Å². The van der Waals surface area contributed by atoms with Gasteiger partial charge in [-0.3, -0.25) is 4.79 Å².